The van der Waals surface area contributed by atoms with Crippen molar-refractivity contribution in [2.24, 2.45) is 11.8 Å². The molecule has 103 heavy (non-hydrogen) atoms. The SMILES string of the molecule is CCC(C)Cc1ccc(-c2ccc(OC(=O)c3ccc(O)cc3)cc2)cc1.CCC(C)Cc1ccc(-c2ccc(OC(=O)c3ccc(OCCCCCCCCCOc4ccc(-c5ccc(C#N)cc5)cc4)cc3)cc2)cc1.N#Cc1ccc(-c2ccc(OCCCCCCCCCBr)cc2)cc1. The monoisotopic (exact) mass is 1440 g/mol. The fourth-order valence-corrected chi connectivity index (χ4v) is 11.9. The number of benzene rings is 10. The van der Waals surface area contributed by atoms with Crippen molar-refractivity contribution in [3.05, 3.63) is 276 Å². The number of nitrogens with zero attached hydrogens (tertiary/aromatic N) is 2. The van der Waals surface area contributed by atoms with E-state index in [1.54, 1.807) is 24.3 Å². The Morgan fingerprint density at radius 2 is 0.583 bits per heavy atom. The lowest BCUT2D eigenvalue weighted by Crippen LogP contribution is -2.08. The van der Waals surface area contributed by atoms with Gasteiger partial charge in [-0.15, -0.1) is 0 Å². The summed E-state index contributed by atoms with van der Waals surface area (Å²) in [6, 6.07) is 81.5. The molecule has 0 saturated heterocycles. The van der Waals surface area contributed by atoms with Crippen LogP contribution in [0.25, 0.3) is 44.5 Å². The van der Waals surface area contributed by atoms with Crippen LogP contribution in [0.15, 0.2) is 243 Å². The molecule has 10 rings (SSSR count). The van der Waals surface area contributed by atoms with Gasteiger partial charge in [0, 0.05) is 5.33 Å². The highest BCUT2D eigenvalue weighted by molar-refractivity contribution is 9.09. The lowest BCUT2D eigenvalue weighted by Gasteiger charge is -2.10. The molecule has 0 heterocycles. The van der Waals surface area contributed by atoms with Gasteiger partial charge in [0.25, 0.3) is 0 Å². The third-order valence-corrected chi connectivity index (χ3v) is 18.8. The van der Waals surface area contributed by atoms with Crippen LogP contribution in [0.5, 0.6) is 34.5 Å². The molecule has 10 aromatic rings. The number of unbranched alkanes of at least 4 members (excludes halogenated alkanes) is 12. The van der Waals surface area contributed by atoms with E-state index in [4.69, 9.17) is 34.2 Å². The van der Waals surface area contributed by atoms with Crippen molar-refractivity contribution in [2.45, 2.75) is 143 Å². The molecule has 1 N–H and O–H groups in total. The number of rotatable bonds is 36. The van der Waals surface area contributed by atoms with Crippen LogP contribution < -0.4 is 23.7 Å². The fourth-order valence-electron chi connectivity index (χ4n) is 11.5. The van der Waals surface area contributed by atoms with E-state index in [0.717, 1.165) is 125 Å². The standard InChI is InChI=1S/C46H49NO4.C24H24O3.C22H26BrNO/c1-3-35(2)33-36-11-15-38(16-12-36)41-21-29-45(30-22-41)51-46(48)42-23-27-44(28-24-42)50-32-10-8-6-4-5-7-9-31-49-43-25-19-40(20-26-43)39-17-13-37(34-47)14-18-39;1-3-17(2)16-18-4-6-19(7-5-18)20-10-14-23(15-11-20)27-24(26)21-8-12-22(25)13-9-21;23-16-6-4-2-1-3-5-7-17-25-22-14-12-21(13-15-22)20-10-8-19(18-24)9-11-20/h11-30,35H,3-10,31-33H2,1-2H3;4-15,17,25H,3,16H2,1-2H3;8-15H,1-7,16-17H2. The Hall–Kier alpha value is -10.2. The van der Waals surface area contributed by atoms with Crippen LogP contribution in [0, 0.1) is 34.5 Å². The Morgan fingerprint density at radius 1 is 0.340 bits per heavy atom. The lowest BCUT2D eigenvalue weighted by molar-refractivity contribution is 0.0725. The summed E-state index contributed by atoms with van der Waals surface area (Å²) in [5.74, 6) is 4.25. The van der Waals surface area contributed by atoms with E-state index < -0.39 is 5.97 Å². The van der Waals surface area contributed by atoms with Gasteiger partial charge in [-0.05, 0) is 227 Å². The highest BCUT2D eigenvalue weighted by Gasteiger charge is 2.13. The summed E-state index contributed by atoms with van der Waals surface area (Å²) in [6.45, 7) is 11.2. The topological polar surface area (TPSA) is 148 Å². The van der Waals surface area contributed by atoms with Gasteiger partial charge in [0.1, 0.15) is 34.5 Å². The number of ether oxygens (including phenoxy) is 5. The molecule has 0 aliphatic heterocycles. The highest BCUT2D eigenvalue weighted by Crippen LogP contribution is 2.29. The number of alkyl halides is 1. The van der Waals surface area contributed by atoms with Gasteiger partial charge in [0.15, 0.2) is 0 Å². The molecule has 0 aliphatic rings. The normalized spacial score (nSPS) is 11.3. The molecule has 0 radical (unpaired) electrons. The van der Waals surface area contributed by atoms with E-state index in [1.807, 2.05) is 121 Å². The summed E-state index contributed by atoms with van der Waals surface area (Å²) < 4.78 is 28.7. The molecule has 10 aromatic carbocycles. The molecule has 0 spiro atoms. The van der Waals surface area contributed by atoms with Crippen LogP contribution in [-0.2, 0) is 12.8 Å². The average Bonchev–Trinajstić information content (AvgIpc) is 0.889. The van der Waals surface area contributed by atoms with Crippen molar-refractivity contribution in [1.29, 1.82) is 10.5 Å². The first kappa shape index (κ1) is 78.5. The number of carbonyl (C=O) groups is 2. The first-order valence-electron chi connectivity index (χ1n) is 36.8. The van der Waals surface area contributed by atoms with Crippen LogP contribution >= 0.6 is 15.9 Å². The Kier molecular flexibility index (Phi) is 33.7. The van der Waals surface area contributed by atoms with Gasteiger partial charge in [-0.1, -0.05) is 242 Å². The maximum Gasteiger partial charge on any atom is 0.343 e. The van der Waals surface area contributed by atoms with Crippen LogP contribution in [0.3, 0.4) is 0 Å². The number of phenols is 1. The van der Waals surface area contributed by atoms with Gasteiger partial charge in [-0.3, -0.25) is 0 Å². The molecule has 532 valence electrons. The van der Waals surface area contributed by atoms with Gasteiger partial charge >= 0.3 is 11.9 Å². The lowest BCUT2D eigenvalue weighted by atomic mass is 9.97. The summed E-state index contributed by atoms with van der Waals surface area (Å²) in [7, 11) is 0. The zero-order chi connectivity index (χ0) is 72.6. The molecule has 0 saturated carbocycles. The Morgan fingerprint density at radius 3 is 0.864 bits per heavy atom. The second-order valence-electron chi connectivity index (χ2n) is 26.3. The van der Waals surface area contributed by atoms with Crippen molar-refractivity contribution >= 4 is 27.9 Å². The van der Waals surface area contributed by atoms with E-state index in [1.165, 1.54) is 106 Å². The number of phenolic OH excluding ortho intramolecular Hbond substituents is 1. The van der Waals surface area contributed by atoms with Crippen molar-refractivity contribution < 1.29 is 38.4 Å². The smallest absolute Gasteiger partial charge is 0.343 e. The molecular formula is C92H99BrN2O8. The molecule has 0 bridgehead atoms. The van der Waals surface area contributed by atoms with Gasteiger partial charge in [-0.2, -0.15) is 10.5 Å². The number of hydrogen-bond acceptors (Lipinski definition) is 10. The van der Waals surface area contributed by atoms with Crippen molar-refractivity contribution in [2.75, 3.05) is 25.2 Å². The van der Waals surface area contributed by atoms with E-state index in [9.17, 15) is 14.7 Å². The molecular weight excluding hydrogens is 1340 g/mol. The molecule has 0 amide bonds. The predicted molar refractivity (Wildman–Crippen MR) is 423 cm³/mol. The third kappa shape index (κ3) is 27.9. The number of esters is 2. The summed E-state index contributed by atoms with van der Waals surface area (Å²) in [5, 5.41) is 28.2. The minimum atomic E-state index is -0.447. The Labute approximate surface area is 620 Å². The first-order chi connectivity index (χ1) is 50.4. The van der Waals surface area contributed by atoms with Crippen LogP contribution in [0.2, 0.25) is 0 Å². The quantitative estimate of drug-likeness (QED) is 0.0174. The predicted octanol–water partition coefficient (Wildman–Crippen LogP) is 24.5. The van der Waals surface area contributed by atoms with E-state index >= 15 is 0 Å². The summed E-state index contributed by atoms with van der Waals surface area (Å²) in [5.41, 5.74) is 13.9. The summed E-state index contributed by atoms with van der Waals surface area (Å²) in [6.07, 6.45) is 21.5. The number of nitriles is 2. The number of carbonyl (C=O) groups excluding carboxylic acids is 2. The molecule has 2 unspecified atom stereocenters. The summed E-state index contributed by atoms with van der Waals surface area (Å²) in [4.78, 5) is 24.9. The zero-order valence-electron chi connectivity index (χ0n) is 60.4. The number of halogens is 1. The van der Waals surface area contributed by atoms with Gasteiger partial charge in [0.05, 0.1) is 54.2 Å². The number of hydrogen-bond donors (Lipinski definition) is 1. The molecule has 2 atom stereocenters. The van der Waals surface area contributed by atoms with Crippen LogP contribution in [0.1, 0.15) is 173 Å². The minimum Gasteiger partial charge on any atom is -0.508 e. The maximum absolute atomic E-state index is 12.7. The van der Waals surface area contributed by atoms with Gasteiger partial charge < -0.3 is 28.8 Å². The van der Waals surface area contributed by atoms with Crippen molar-refractivity contribution in [3.63, 3.8) is 0 Å². The van der Waals surface area contributed by atoms with Crippen LogP contribution in [0.4, 0.5) is 0 Å². The number of aromatic hydroxyl groups is 1. The molecule has 10 nitrogen and oxygen atoms in total. The van der Waals surface area contributed by atoms with Crippen molar-refractivity contribution in [3.8, 4) is 91.1 Å². The second-order valence-corrected chi connectivity index (χ2v) is 27.1. The first-order valence-corrected chi connectivity index (χ1v) is 37.9. The van der Waals surface area contributed by atoms with E-state index in [0.29, 0.717) is 52.2 Å². The average molecular weight is 1440 g/mol. The second kappa shape index (κ2) is 44.2. The largest absolute Gasteiger partial charge is 0.508 e. The minimum absolute atomic E-state index is 0.117. The molecule has 0 aliphatic carbocycles. The van der Waals surface area contributed by atoms with Gasteiger partial charge in [-0.25, -0.2) is 9.59 Å². The highest BCUT2D eigenvalue weighted by atomic mass is 79.9. The maximum atomic E-state index is 12.7. The third-order valence-electron chi connectivity index (χ3n) is 18.2. The Balaban J connectivity index is 0.000000217. The fraction of sp³-hybridized carbons (Fsp3) is 0.304. The molecule has 0 fully saturated rings. The molecule has 11 heteroatoms. The Bertz CT molecular complexity index is 4150. The van der Waals surface area contributed by atoms with Crippen molar-refractivity contribution in [1.82, 2.24) is 0 Å². The molecule has 0 aromatic heterocycles. The van der Waals surface area contributed by atoms with E-state index in [2.05, 4.69) is 129 Å². The van der Waals surface area contributed by atoms with Gasteiger partial charge in [0.2, 0.25) is 0 Å². The van der Waals surface area contributed by atoms with E-state index in [-0.39, 0.29) is 11.7 Å². The summed E-state index contributed by atoms with van der Waals surface area (Å²) >= 11 is 3.47. The zero-order valence-corrected chi connectivity index (χ0v) is 62.0. The van der Waals surface area contributed by atoms with Crippen LogP contribution in [-0.4, -0.2) is 42.2 Å².